The van der Waals surface area contributed by atoms with Crippen LogP contribution >= 0.6 is 0 Å². The molecule has 0 atom stereocenters. The minimum atomic E-state index is -0.806. The summed E-state index contributed by atoms with van der Waals surface area (Å²) < 4.78 is 4.55. The summed E-state index contributed by atoms with van der Waals surface area (Å²) in [7, 11) is 0. The Labute approximate surface area is 75.3 Å². The van der Waals surface area contributed by atoms with E-state index in [9.17, 15) is 9.59 Å². The second-order valence-corrected chi connectivity index (χ2v) is 2.47. The van der Waals surface area contributed by atoms with Crippen LogP contribution in [0.15, 0.2) is 24.3 Å². The van der Waals surface area contributed by atoms with Crippen LogP contribution in [-0.4, -0.2) is 12.4 Å². The van der Waals surface area contributed by atoms with E-state index in [4.69, 9.17) is 5.73 Å². The predicted octanol–water partition coefficient (Wildman–Crippen LogP) is 1.09. The van der Waals surface area contributed by atoms with Crippen molar-refractivity contribution < 1.29 is 14.3 Å². The van der Waals surface area contributed by atoms with Crippen molar-refractivity contribution in [2.24, 2.45) is 5.73 Å². The van der Waals surface area contributed by atoms with E-state index >= 15 is 0 Å². The number of hydrogen-bond donors (Lipinski definition) is 1. The Kier molecular flexibility index (Phi) is 3.03. The third-order valence-electron chi connectivity index (χ3n) is 1.50. The molecular weight excluding hydrogens is 170 g/mol. The van der Waals surface area contributed by atoms with Gasteiger partial charge in [0.25, 0.3) is 0 Å². The number of rotatable bonds is 3. The lowest BCUT2D eigenvalue weighted by atomic mass is 10.2. The van der Waals surface area contributed by atoms with Crippen LogP contribution in [0, 0.1) is 0 Å². The molecule has 68 valence electrons. The zero-order valence-electron chi connectivity index (χ0n) is 6.90. The van der Waals surface area contributed by atoms with Crippen LogP contribution in [0.4, 0.5) is 4.79 Å². The molecule has 0 saturated heterocycles. The molecule has 0 aliphatic rings. The molecule has 0 aliphatic carbocycles. The van der Waals surface area contributed by atoms with Crippen LogP contribution < -0.4 is 5.73 Å². The van der Waals surface area contributed by atoms with Crippen molar-refractivity contribution in [3.63, 3.8) is 0 Å². The van der Waals surface area contributed by atoms with E-state index in [0.29, 0.717) is 5.56 Å². The van der Waals surface area contributed by atoms with Gasteiger partial charge in [0.05, 0.1) is 0 Å². The first-order chi connectivity index (χ1) is 6.22. The largest absolute Gasteiger partial charge is 0.445 e. The summed E-state index contributed by atoms with van der Waals surface area (Å²) in [5, 5.41) is 0. The van der Waals surface area contributed by atoms with Crippen molar-refractivity contribution in [3.05, 3.63) is 35.4 Å². The highest BCUT2D eigenvalue weighted by Gasteiger charge is 1.96. The van der Waals surface area contributed by atoms with Crippen LogP contribution in [0.3, 0.4) is 0 Å². The maximum absolute atomic E-state index is 10.3. The average molecular weight is 179 g/mol. The molecule has 4 heteroatoms. The van der Waals surface area contributed by atoms with Gasteiger partial charge in [0.15, 0.2) is 0 Å². The molecule has 0 aromatic heterocycles. The first kappa shape index (κ1) is 9.25. The molecule has 0 fully saturated rings. The lowest BCUT2D eigenvalue weighted by Crippen LogP contribution is -2.12. The number of nitrogens with two attached hydrogens (primary N) is 1. The molecule has 0 heterocycles. The fraction of sp³-hybridized carbons (Fsp3) is 0.111. The predicted molar refractivity (Wildman–Crippen MR) is 46.2 cm³/mol. The highest BCUT2D eigenvalue weighted by molar-refractivity contribution is 5.74. The first-order valence-electron chi connectivity index (χ1n) is 3.68. The maximum atomic E-state index is 10.3. The molecule has 1 aromatic rings. The molecule has 1 aromatic carbocycles. The zero-order chi connectivity index (χ0) is 9.68. The first-order valence-corrected chi connectivity index (χ1v) is 3.68. The van der Waals surface area contributed by atoms with Gasteiger partial charge in [-0.1, -0.05) is 24.3 Å². The van der Waals surface area contributed by atoms with Gasteiger partial charge in [-0.15, -0.1) is 0 Å². The fourth-order valence-corrected chi connectivity index (χ4v) is 0.847. The van der Waals surface area contributed by atoms with E-state index in [2.05, 4.69) is 4.74 Å². The van der Waals surface area contributed by atoms with Crippen molar-refractivity contribution >= 4 is 12.4 Å². The van der Waals surface area contributed by atoms with Crippen molar-refractivity contribution in [2.45, 2.75) is 6.61 Å². The zero-order valence-corrected chi connectivity index (χ0v) is 6.90. The minimum absolute atomic E-state index is 0.133. The molecule has 0 aliphatic heterocycles. The van der Waals surface area contributed by atoms with Crippen LogP contribution in [-0.2, 0) is 11.3 Å². The van der Waals surface area contributed by atoms with E-state index in [1.165, 1.54) is 0 Å². The highest BCUT2D eigenvalue weighted by atomic mass is 16.5. The second-order valence-electron chi connectivity index (χ2n) is 2.47. The number of ether oxygens (including phenoxy) is 1. The normalized spacial score (nSPS) is 9.23. The molecule has 0 unspecified atom stereocenters. The molecule has 4 nitrogen and oxygen atoms in total. The van der Waals surface area contributed by atoms with E-state index in [1.54, 1.807) is 24.3 Å². The Morgan fingerprint density at radius 2 is 2.00 bits per heavy atom. The molecule has 1 rings (SSSR count). The molecule has 1 amide bonds. The molecule has 2 N–H and O–H groups in total. The molecule has 0 spiro atoms. The van der Waals surface area contributed by atoms with Crippen LogP contribution in [0.1, 0.15) is 15.9 Å². The maximum Gasteiger partial charge on any atom is 0.404 e. The van der Waals surface area contributed by atoms with Gasteiger partial charge in [-0.05, 0) is 5.56 Å². The van der Waals surface area contributed by atoms with Crippen LogP contribution in [0.2, 0.25) is 0 Å². The van der Waals surface area contributed by atoms with E-state index in [0.717, 1.165) is 11.8 Å². The summed E-state index contributed by atoms with van der Waals surface area (Å²) >= 11 is 0. The van der Waals surface area contributed by atoms with Gasteiger partial charge in [0.1, 0.15) is 12.9 Å². The van der Waals surface area contributed by atoms with E-state index in [1.807, 2.05) is 0 Å². The molecule has 13 heavy (non-hydrogen) atoms. The number of benzene rings is 1. The number of hydrogen-bond acceptors (Lipinski definition) is 3. The summed E-state index contributed by atoms with van der Waals surface area (Å²) in [6.45, 7) is 0.133. The van der Waals surface area contributed by atoms with Crippen molar-refractivity contribution in [2.75, 3.05) is 0 Å². The number of aldehydes is 1. The van der Waals surface area contributed by atoms with Crippen molar-refractivity contribution in [1.29, 1.82) is 0 Å². The SMILES string of the molecule is NC(=O)OCc1ccc(C=O)cc1. The fourth-order valence-electron chi connectivity index (χ4n) is 0.847. The monoisotopic (exact) mass is 179 g/mol. The summed E-state index contributed by atoms with van der Waals surface area (Å²) in [5.41, 5.74) is 6.16. The van der Waals surface area contributed by atoms with Gasteiger partial charge in [-0.3, -0.25) is 4.79 Å². The number of carbonyl (C=O) groups excluding carboxylic acids is 2. The van der Waals surface area contributed by atoms with E-state index < -0.39 is 6.09 Å². The molecular formula is C9H9NO3. The Hall–Kier alpha value is -1.84. The smallest absolute Gasteiger partial charge is 0.404 e. The lowest BCUT2D eigenvalue weighted by Gasteiger charge is -2.00. The summed E-state index contributed by atoms with van der Waals surface area (Å²) in [6, 6.07) is 6.69. The Morgan fingerprint density at radius 3 is 2.46 bits per heavy atom. The van der Waals surface area contributed by atoms with Gasteiger partial charge in [0.2, 0.25) is 0 Å². The Balaban J connectivity index is 2.59. The lowest BCUT2D eigenvalue weighted by molar-refractivity contribution is 0.112. The van der Waals surface area contributed by atoms with Crippen LogP contribution in [0.5, 0.6) is 0 Å². The number of amides is 1. The minimum Gasteiger partial charge on any atom is -0.445 e. The number of carbonyl (C=O) groups is 2. The Morgan fingerprint density at radius 1 is 1.38 bits per heavy atom. The number of primary amides is 1. The van der Waals surface area contributed by atoms with E-state index in [-0.39, 0.29) is 6.61 Å². The summed E-state index contributed by atoms with van der Waals surface area (Å²) in [4.78, 5) is 20.5. The molecule has 0 radical (unpaired) electrons. The van der Waals surface area contributed by atoms with Gasteiger partial charge in [0, 0.05) is 5.56 Å². The summed E-state index contributed by atoms with van der Waals surface area (Å²) in [6.07, 6.45) is -0.0573. The topological polar surface area (TPSA) is 69.4 Å². The van der Waals surface area contributed by atoms with Gasteiger partial charge in [-0.2, -0.15) is 0 Å². The molecule has 0 saturated carbocycles. The quantitative estimate of drug-likeness (QED) is 0.706. The standard InChI is InChI=1S/C9H9NO3/c10-9(12)13-6-8-3-1-7(5-11)2-4-8/h1-5H,6H2,(H2,10,12). The third kappa shape index (κ3) is 2.94. The van der Waals surface area contributed by atoms with Crippen molar-refractivity contribution in [3.8, 4) is 0 Å². The van der Waals surface area contributed by atoms with Gasteiger partial charge in [-0.25, -0.2) is 4.79 Å². The molecule has 0 bridgehead atoms. The Bertz CT molecular complexity index is 305. The third-order valence-corrected chi connectivity index (χ3v) is 1.50. The van der Waals surface area contributed by atoms with Gasteiger partial charge < -0.3 is 10.5 Å². The highest BCUT2D eigenvalue weighted by Crippen LogP contribution is 2.03. The van der Waals surface area contributed by atoms with Crippen molar-refractivity contribution in [1.82, 2.24) is 0 Å². The summed E-state index contributed by atoms with van der Waals surface area (Å²) in [5.74, 6) is 0. The second kappa shape index (κ2) is 4.25. The average Bonchev–Trinajstić information content (AvgIpc) is 2.15. The van der Waals surface area contributed by atoms with Gasteiger partial charge >= 0.3 is 6.09 Å². The van der Waals surface area contributed by atoms with Crippen LogP contribution in [0.25, 0.3) is 0 Å².